The Bertz CT molecular complexity index is 4360. The average molecular weight is 1940 g/mol. The Morgan fingerprint density at radius 2 is 0.793 bits per heavy atom. The third-order valence-corrected chi connectivity index (χ3v) is 23.4. The van der Waals surface area contributed by atoms with Crippen molar-refractivity contribution in [1.82, 2.24) is 106 Å². The van der Waals surface area contributed by atoms with Crippen LogP contribution in [0.1, 0.15) is 140 Å². The Balaban J connectivity index is 2.10. The second kappa shape index (κ2) is 61.0. The number of nitrogens with one attached hydrogen (secondary N) is 25. The van der Waals surface area contributed by atoms with Gasteiger partial charge in [0.15, 0.2) is 35.8 Å². The summed E-state index contributed by atoms with van der Waals surface area (Å²) < 4.78 is 0. The molecule has 15 amide bonds. The lowest BCUT2D eigenvalue weighted by Gasteiger charge is -2.30. The number of carbonyl (C=O) groups excluding carboxylic acids is 14. The van der Waals surface area contributed by atoms with Gasteiger partial charge in [-0.3, -0.25) is 94.8 Å². The predicted molar refractivity (Wildman–Crippen MR) is 502 cm³/mol. The van der Waals surface area contributed by atoms with E-state index in [1.54, 1.807) is 0 Å². The summed E-state index contributed by atoms with van der Waals surface area (Å²) >= 11 is 0. The number of carboxylic acids is 1. The van der Waals surface area contributed by atoms with Crippen molar-refractivity contribution in [2.45, 2.75) is 226 Å². The number of carboxylic acid groups (broad SMARTS) is 1. The number of unbranched alkanes of at least 4 members (excludes halogenated alkanes) is 1. The third-order valence-electron chi connectivity index (χ3n) is 21.0. The van der Waals surface area contributed by atoms with E-state index in [1.807, 2.05) is 0 Å². The molecule has 2 aromatic rings. The molecule has 2 heterocycles. The van der Waals surface area contributed by atoms with Crippen LogP contribution in [0.25, 0.3) is 0 Å². The number of hydrogen-bond acceptors (Lipinski definition) is 27. The molecule has 14 atom stereocenters. The molecule has 135 heavy (non-hydrogen) atoms. The molecule has 0 aliphatic carbocycles. The van der Waals surface area contributed by atoms with Gasteiger partial charge >= 0.3 is 12.0 Å². The smallest absolute Gasteiger partial charge is 0.326 e. The second-order valence-corrected chi connectivity index (χ2v) is 34.5. The van der Waals surface area contributed by atoms with Gasteiger partial charge in [0, 0.05) is 76.7 Å². The van der Waals surface area contributed by atoms with E-state index in [-0.39, 0.29) is 197 Å². The Hall–Kier alpha value is -13.9. The van der Waals surface area contributed by atoms with Crippen molar-refractivity contribution >= 4 is 146 Å². The lowest BCUT2D eigenvalue weighted by atomic mass is 10.0. The van der Waals surface area contributed by atoms with Crippen molar-refractivity contribution in [3.63, 3.8) is 0 Å². The Labute approximate surface area is 787 Å². The van der Waals surface area contributed by atoms with Gasteiger partial charge in [0.1, 0.15) is 90.0 Å². The van der Waals surface area contributed by atoms with Crippen molar-refractivity contribution in [3.8, 4) is 11.5 Å². The molecule has 750 valence electrons. The summed E-state index contributed by atoms with van der Waals surface area (Å²) in [6.45, 7) is 1.02. The molecule has 0 saturated carbocycles. The Morgan fingerprint density at radius 3 is 1.22 bits per heavy atom. The topological polar surface area (TPSA) is 926 Å². The van der Waals surface area contributed by atoms with Crippen LogP contribution in [0.3, 0.4) is 0 Å². The van der Waals surface area contributed by atoms with Gasteiger partial charge in [0.25, 0.3) is 0 Å². The van der Waals surface area contributed by atoms with Crippen LogP contribution in [0.5, 0.6) is 11.5 Å². The molecule has 0 aromatic heterocycles. The number of aliphatic carboxylic acids is 1. The molecule has 53 nitrogen and oxygen atoms in total. The summed E-state index contributed by atoms with van der Waals surface area (Å²) in [5, 5.41) is 127. The predicted octanol–water partition coefficient (Wildman–Crippen LogP) is -9.32. The van der Waals surface area contributed by atoms with Crippen molar-refractivity contribution < 1.29 is 87.2 Å². The van der Waals surface area contributed by atoms with Crippen molar-refractivity contribution in [3.05, 3.63) is 59.7 Å². The SMILES string of the molecule is C[C@H]1NC(=O)[C@H](CCCCN)NC(=O)[C@H](CCCNC(=N)N)NC(=O)[C@H](Cc2ccc(O)cc2)NC(=O)[C@@H](NC(=O)[C@H](CCCNC(=N)N)NC(=O)[C@H](CCCNC(=N)N)NC(=O)[C@@H](N)CCCNC(=N)N)CSSC[C@@H](C(=O)N[C@@H](CCCNC(=N)N)C(=O)O)NC(=O)[C@H](CCCNC(N)=O)NC(=O)[C@H](CCCNC(=N)N)NC(=O)[C@H](Cc2ccc(O)cc2)NC(=O)[C@@H]2CCCN2C1=O. The van der Waals surface area contributed by atoms with Crippen LogP contribution in [-0.2, 0) is 80.0 Å². The van der Waals surface area contributed by atoms with E-state index >= 15 is 33.6 Å². The summed E-state index contributed by atoms with van der Waals surface area (Å²) in [6.07, 6.45) is -1.97. The van der Waals surface area contributed by atoms with Crippen LogP contribution in [-0.4, -0.2) is 300 Å². The molecular formula is C80H135N35O18S2. The normalized spacial score (nSPS) is 20.6. The summed E-state index contributed by atoms with van der Waals surface area (Å²) in [4.78, 5) is 222. The number of nitrogens with two attached hydrogens (primary N) is 9. The minimum absolute atomic E-state index is 0.00166. The molecule has 0 spiro atoms. The van der Waals surface area contributed by atoms with E-state index in [9.17, 15) is 53.7 Å². The number of guanidine groups is 6. The molecular weight excluding hydrogens is 1800 g/mol. The maximum Gasteiger partial charge on any atom is 0.326 e. The number of benzene rings is 2. The number of aromatic hydroxyl groups is 2. The number of rotatable bonds is 45. The first-order valence-corrected chi connectivity index (χ1v) is 46.5. The van der Waals surface area contributed by atoms with Crippen molar-refractivity contribution in [2.75, 3.05) is 70.4 Å². The first-order chi connectivity index (χ1) is 64.0. The Morgan fingerprint density at radius 1 is 0.430 bits per heavy atom. The lowest BCUT2D eigenvalue weighted by Crippen LogP contribution is -2.61. The summed E-state index contributed by atoms with van der Waals surface area (Å²) in [6, 6.07) is -12.9. The molecule has 4 rings (SSSR count). The average Bonchev–Trinajstić information content (AvgIpc) is 1.72. The van der Waals surface area contributed by atoms with E-state index in [0.29, 0.717) is 33.6 Å². The van der Waals surface area contributed by atoms with Gasteiger partial charge in [-0.25, -0.2) is 9.59 Å². The van der Waals surface area contributed by atoms with E-state index in [2.05, 4.69) is 101 Å². The zero-order valence-corrected chi connectivity index (χ0v) is 76.9. The number of phenolic OH excluding ortho intramolecular Hbond substituents is 2. The lowest BCUT2D eigenvalue weighted by molar-refractivity contribution is -0.142. The van der Waals surface area contributed by atoms with Crippen LogP contribution >= 0.6 is 21.6 Å². The van der Waals surface area contributed by atoms with Gasteiger partial charge in [-0.05, 0) is 171 Å². The van der Waals surface area contributed by atoms with Crippen LogP contribution in [0.4, 0.5) is 4.79 Å². The fourth-order valence-electron chi connectivity index (χ4n) is 13.9. The number of carbonyl (C=O) groups is 15. The monoisotopic (exact) mass is 1940 g/mol. The van der Waals surface area contributed by atoms with Crippen molar-refractivity contribution in [2.24, 2.45) is 51.6 Å². The fraction of sp³-hybridized carbons (Fsp3) is 0.588. The van der Waals surface area contributed by atoms with E-state index < -0.39 is 228 Å². The van der Waals surface area contributed by atoms with Gasteiger partial charge in [-0.1, -0.05) is 45.9 Å². The largest absolute Gasteiger partial charge is 0.508 e. The molecule has 2 aliphatic heterocycles. The number of hydrogen-bond donors (Lipinski definition) is 37. The number of nitrogens with zero attached hydrogens (tertiary/aromatic N) is 1. The molecule has 0 unspecified atom stereocenters. The highest BCUT2D eigenvalue weighted by Crippen LogP contribution is 2.26. The van der Waals surface area contributed by atoms with E-state index in [0.717, 1.165) is 0 Å². The van der Waals surface area contributed by atoms with E-state index in [4.69, 9.17) is 84.1 Å². The minimum Gasteiger partial charge on any atom is -0.508 e. The zero-order valence-electron chi connectivity index (χ0n) is 75.3. The molecule has 0 bridgehead atoms. The van der Waals surface area contributed by atoms with Gasteiger partial charge < -0.3 is 173 Å². The van der Waals surface area contributed by atoms with Gasteiger partial charge in [0.2, 0.25) is 76.8 Å². The minimum atomic E-state index is -1.91. The summed E-state index contributed by atoms with van der Waals surface area (Å²) in [7, 11) is 1.42. The van der Waals surface area contributed by atoms with Crippen LogP contribution in [0.15, 0.2) is 48.5 Å². The molecule has 2 saturated heterocycles. The highest BCUT2D eigenvalue weighted by atomic mass is 33.1. The molecule has 55 heteroatoms. The maximum absolute atomic E-state index is 15.7. The number of primary amides is 1. The number of fused-ring (bicyclic) bond motifs is 1. The van der Waals surface area contributed by atoms with Gasteiger partial charge in [-0.2, -0.15) is 0 Å². The Kier molecular flexibility index (Phi) is 51.3. The highest BCUT2D eigenvalue weighted by Gasteiger charge is 2.42. The second-order valence-electron chi connectivity index (χ2n) is 32.0. The summed E-state index contributed by atoms with van der Waals surface area (Å²) in [5.41, 5.74) is 51.6. The van der Waals surface area contributed by atoms with Crippen LogP contribution in [0.2, 0.25) is 0 Å². The standard InChI is InChI=1S/C80H135N35O18S2/c1-42-72(130)115-37-11-20-59(115)71(129)112-56(39-44-23-27-46(117)28-24-44)68(126)109-51(16-7-33-99-77(89)90)64(122)107-53(18-9-36-102-80(95)133)66(124)113-57(69(127)110-54(73(131)132)19-10-35-101-79(93)94)40-134-135-41-58(114-65(123)52(17-8-34-100-78(91)92)106-62(120)49(14-5-31-97-75(85)86)104-60(118)47(82)12-4-30-96-74(83)84)70(128)111-55(38-43-21-25-45(116)26-22-43)67(125)108-50(15-6-32-98-76(87)88)63(121)105-48(61(119)103-42)13-2-3-29-81/h21-28,42,47-59,116-117H,2-20,29-41,81-82H2,1H3,(H,103,119)(H,104,118)(H,105,121)(H,106,120)(H,107,122)(H,108,125)(H,109,126)(H,110,127)(H,111,128)(H,112,129)(H,113,124)(H,114,123)(H,131,132)(H4,83,84,96)(H4,85,86,97)(H4,87,88,98)(H4,89,90,99)(H4,91,92,100)(H4,93,94,101)(H3,95,102,133)/t42-,47+,48+,49+,50+,51+,52+,53+,54+,55+,56+,57+,58+,59+/m1/s1. The molecule has 2 aromatic carbocycles. The fourth-order valence-corrected chi connectivity index (χ4v) is 16.2. The highest BCUT2D eigenvalue weighted by molar-refractivity contribution is 8.76. The van der Waals surface area contributed by atoms with Crippen LogP contribution < -0.4 is 153 Å². The third kappa shape index (κ3) is 44.9. The molecule has 2 aliphatic rings. The summed E-state index contributed by atoms with van der Waals surface area (Å²) in [5.74, 6) is -19.2. The first-order valence-electron chi connectivity index (χ1n) is 44.0. The molecule has 2 fully saturated rings. The maximum atomic E-state index is 15.7. The molecule has 0 radical (unpaired) electrons. The van der Waals surface area contributed by atoms with Crippen LogP contribution in [0, 0.1) is 32.5 Å². The van der Waals surface area contributed by atoms with Gasteiger partial charge in [-0.15, -0.1) is 0 Å². The van der Waals surface area contributed by atoms with Gasteiger partial charge in [0.05, 0.1) is 6.04 Å². The van der Waals surface area contributed by atoms with Crippen molar-refractivity contribution in [1.29, 1.82) is 32.5 Å². The first kappa shape index (κ1) is 113. The number of urea groups is 1. The van der Waals surface area contributed by atoms with E-state index in [1.165, 1.54) is 60.4 Å². The number of phenols is 2. The quantitative estimate of drug-likeness (QED) is 0.0127. The molecule has 46 N–H and O–H groups in total. The number of amides is 15. The zero-order chi connectivity index (χ0) is 100.